The van der Waals surface area contributed by atoms with Crippen LogP contribution in [0.4, 0.5) is 0 Å². The fraction of sp³-hybridized carbons (Fsp3) is 0.273. The summed E-state index contributed by atoms with van der Waals surface area (Å²) in [5.41, 5.74) is 7.32. The van der Waals surface area contributed by atoms with Crippen molar-refractivity contribution in [1.82, 2.24) is 14.9 Å². The fourth-order valence-corrected chi connectivity index (χ4v) is 2.58. The summed E-state index contributed by atoms with van der Waals surface area (Å²) in [7, 11) is -3.61. The smallest absolute Gasteiger partial charge is 0.240 e. The minimum atomic E-state index is -3.61. The average Bonchev–Trinajstić information content (AvgIpc) is 2.90. The highest BCUT2D eigenvalue weighted by Gasteiger charge is 2.15. The van der Waals surface area contributed by atoms with E-state index in [1.54, 1.807) is 12.1 Å². The lowest BCUT2D eigenvalue weighted by atomic mass is 10.1. The van der Waals surface area contributed by atoms with E-state index in [1.807, 2.05) is 6.92 Å². The van der Waals surface area contributed by atoms with Crippen LogP contribution in [0.3, 0.4) is 0 Å². The van der Waals surface area contributed by atoms with Crippen molar-refractivity contribution in [2.45, 2.75) is 24.9 Å². The Kier molecular flexibility index (Phi) is 3.93. The van der Waals surface area contributed by atoms with E-state index in [-0.39, 0.29) is 17.3 Å². The maximum atomic E-state index is 12.1. The van der Waals surface area contributed by atoms with E-state index in [1.165, 1.54) is 6.07 Å². The molecule has 102 valence electrons. The first kappa shape index (κ1) is 13.7. The predicted molar refractivity (Wildman–Crippen MR) is 67.4 cm³/mol. The molecular formula is C11H14N4O3S. The van der Waals surface area contributed by atoms with Crippen molar-refractivity contribution in [3.63, 3.8) is 0 Å². The van der Waals surface area contributed by atoms with E-state index in [4.69, 9.17) is 5.73 Å². The van der Waals surface area contributed by atoms with Crippen LogP contribution < -0.4 is 10.5 Å². The summed E-state index contributed by atoms with van der Waals surface area (Å²) in [6.07, 6.45) is 1.14. The van der Waals surface area contributed by atoms with E-state index < -0.39 is 10.0 Å². The van der Waals surface area contributed by atoms with Gasteiger partial charge < -0.3 is 10.3 Å². The highest BCUT2D eigenvalue weighted by atomic mass is 32.2. The van der Waals surface area contributed by atoms with Crippen molar-refractivity contribution in [1.29, 1.82) is 0 Å². The quantitative estimate of drug-likeness (QED) is 0.816. The third-order valence-electron chi connectivity index (χ3n) is 2.68. The number of benzene rings is 1. The molecule has 0 saturated carbocycles. The molecule has 2 rings (SSSR count). The Balaban J connectivity index is 2.19. The van der Waals surface area contributed by atoms with Crippen LogP contribution in [0, 0.1) is 6.92 Å². The molecule has 1 aromatic heterocycles. The summed E-state index contributed by atoms with van der Waals surface area (Å²) in [5.74, 6) is 0.273. The van der Waals surface area contributed by atoms with Crippen molar-refractivity contribution in [3.8, 4) is 0 Å². The number of nitrogens with zero attached hydrogens (tertiary/aromatic N) is 2. The Hall–Kier alpha value is -1.77. The normalized spacial score (nSPS) is 11.7. The second kappa shape index (κ2) is 5.47. The van der Waals surface area contributed by atoms with Crippen LogP contribution in [0.5, 0.6) is 0 Å². The van der Waals surface area contributed by atoms with Gasteiger partial charge in [-0.25, -0.2) is 13.1 Å². The molecule has 1 aromatic carbocycles. The number of aromatic nitrogens is 2. The van der Waals surface area contributed by atoms with Gasteiger partial charge in [0.25, 0.3) is 0 Å². The Morgan fingerprint density at radius 1 is 1.42 bits per heavy atom. The summed E-state index contributed by atoms with van der Waals surface area (Å²) >= 11 is 0. The van der Waals surface area contributed by atoms with Crippen LogP contribution in [0.2, 0.25) is 0 Å². The molecule has 0 spiro atoms. The number of hydrogen-bond donors (Lipinski definition) is 2. The summed E-state index contributed by atoms with van der Waals surface area (Å²) in [6, 6.07) is 4.83. The maximum Gasteiger partial charge on any atom is 0.240 e. The van der Waals surface area contributed by atoms with Crippen molar-refractivity contribution >= 4 is 10.0 Å². The zero-order chi connectivity index (χ0) is 13.9. The van der Waals surface area contributed by atoms with Crippen molar-refractivity contribution in [2.75, 3.05) is 0 Å². The molecule has 0 bridgehead atoms. The number of sulfonamides is 1. The Labute approximate surface area is 110 Å². The molecule has 0 radical (unpaired) electrons. The van der Waals surface area contributed by atoms with Gasteiger partial charge in [0.2, 0.25) is 16.4 Å². The first-order valence-electron chi connectivity index (χ1n) is 5.57. The van der Waals surface area contributed by atoms with Gasteiger partial charge in [0.05, 0.1) is 11.4 Å². The van der Waals surface area contributed by atoms with Gasteiger partial charge in [-0.2, -0.15) is 4.98 Å². The molecule has 19 heavy (non-hydrogen) atoms. The molecule has 0 saturated heterocycles. The second-order valence-electron chi connectivity index (χ2n) is 3.96. The molecule has 0 amide bonds. The van der Waals surface area contributed by atoms with E-state index in [2.05, 4.69) is 19.4 Å². The monoisotopic (exact) mass is 282 g/mol. The maximum absolute atomic E-state index is 12.1. The van der Waals surface area contributed by atoms with Crippen LogP contribution in [0.1, 0.15) is 17.0 Å². The zero-order valence-corrected chi connectivity index (χ0v) is 11.1. The lowest BCUT2D eigenvalue weighted by molar-refractivity contribution is 0.409. The van der Waals surface area contributed by atoms with Crippen LogP contribution in [0.15, 0.2) is 34.0 Å². The molecule has 0 fully saturated rings. The Bertz CT molecular complexity index is 653. The second-order valence-corrected chi connectivity index (χ2v) is 5.73. The van der Waals surface area contributed by atoms with E-state index >= 15 is 0 Å². The summed E-state index contributed by atoms with van der Waals surface area (Å²) in [5, 5.41) is 3.53. The van der Waals surface area contributed by atoms with Crippen molar-refractivity contribution < 1.29 is 12.9 Å². The Morgan fingerprint density at radius 2 is 2.21 bits per heavy atom. The van der Waals surface area contributed by atoms with Gasteiger partial charge in [0, 0.05) is 6.54 Å². The van der Waals surface area contributed by atoms with Gasteiger partial charge in [0.15, 0.2) is 5.82 Å². The van der Waals surface area contributed by atoms with Crippen LogP contribution in [-0.4, -0.2) is 18.6 Å². The van der Waals surface area contributed by atoms with Gasteiger partial charge in [0.1, 0.15) is 0 Å². The average molecular weight is 282 g/mol. The van der Waals surface area contributed by atoms with Gasteiger partial charge in [-0.05, 0) is 30.2 Å². The summed E-state index contributed by atoms with van der Waals surface area (Å²) < 4.78 is 31.1. The number of rotatable bonds is 5. The fourth-order valence-electron chi connectivity index (χ4n) is 1.55. The van der Waals surface area contributed by atoms with Gasteiger partial charge >= 0.3 is 0 Å². The molecule has 3 N–H and O–H groups in total. The largest absolute Gasteiger partial charge is 0.343 e. The SMILES string of the molecule is Cc1ccc(S(=O)(=O)NCc2ncon2)cc1CN. The van der Waals surface area contributed by atoms with E-state index in [0.29, 0.717) is 6.54 Å². The lowest BCUT2D eigenvalue weighted by Gasteiger charge is -2.08. The highest BCUT2D eigenvalue weighted by molar-refractivity contribution is 7.89. The lowest BCUT2D eigenvalue weighted by Crippen LogP contribution is -2.24. The third kappa shape index (κ3) is 3.16. The molecule has 0 aliphatic rings. The van der Waals surface area contributed by atoms with E-state index in [9.17, 15) is 8.42 Å². The standard InChI is InChI=1S/C11H14N4O3S/c1-8-2-3-10(4-9(8)5-12)19(16,17)14-6-11-13-7-18-15-11/h2-4,7,14H,5-6,12H2,1H3. The summed E-state index contributed by atoms with van der Waals surface area (Å²) in [4.78, 5) is 3.90. The van der Waals surface area contributed by atoms with Gasteiger partial charge in [-0.3, -0.25) is 0 Å². The Morgan fingerprint density at radius 3 is 2.84 bits per heavy atom. The molecule has 0 unspecified atom stereocenters. The number of hydrogen-bond acceptors (Lipinski definition) is 6. The van der Waals surface area contributed by atoms with Crippen molar-refractivity contribution in [2.24, 2.45) is 5.73 Å². The molecule has 1 heterocycles. The zero-order valence-electron chi connectivity index (χ0n) is 10.3. The molecule has 2 aromatic rings. The first-order chi connectivity index (χ1) is 9.03. The summed E-state index contributed by atoms with van der Waals surface area (Å²) in [6.45, 7) is 2.15. The van der Waals surface area contributed by atoms with Crippen molar-refractivity contribution in [3.05, 3.63) is 41.5 Å². The molecule has 0 aliphatic carbocycles. The molecule has 7 nitrogen and oxygen atoms in total. The molecule has 0 atom stereocenters. The van der Waals surface area contributed by atoms with Gasteiger partial charge in [-0.15, -0.1) is 0 Å². The molecular weight excluding hydrogens is 268 g/mol. The topological polar surface area (TPSA) is 111 Å². The van der Waals surface area contributed by atoms with E-state index in [0.717, 1.165) is 17.5 Å². The van der Waals surface area contributed by atoms with Crippen LogP contribution >= 0.6 is 0 Å². The first-order valence-corrected chi connectivity index (χ1v) is 7.06. The number of nitrogens with one attached hydrogen (secondary N) is 1. The number of nitrogens with two attached hydrogens (primary N) is 1. The third-order valence-corrected chi connectivity index (χ3v) is 4.08. The van der Waals surface area contributed by atoms with Crippen LogP contribution in [0.25, 0.3) is 0 Å². The minimum absolute atomic E-state index is 0.0231. The minimum Gasteiger partial charge on any atom is -0.343 e. The number of aryl methyl sites for hydroxylation is 1. The van der Waals surface area contributed by atoms with Crippen LogP contribution in [-0.2, 0) is 23.1 Å². The highest BCUT2D eigenvalue weighted by Crippen LogP contribution is 2.15. The predicted octanol–water partition coefficient (Wildman–Crippen LogP) is 0.315. The molecule has 8 heteroatoms. The molecule has 0 aliphatic heterocycles. The van der Waals surface area contributed by atoms with Gasteiger partial charge in [-0.1, -0.05) is 11.2 Å².